The lowest BCUT2D eigenvalue weighted by Gasteiger charge is -2.06. The van der Waals surface area contributed by atoms with E-state index in [2.05, 4.69) is 10.1 Å². The molecule has 0 amide bonds. The highest BCUT2D eigenvalue weighted by molar-refractivity contribution is 5.90. The van der Waals surface area contributed by atoms with Crippen molar-refractivity contribution in [3.63, 3.8) is 0 Å². The molecular formula is C16H18FNO4. The lowest BCUT2D eigenvalue weighted by atomic mass is 10.1. The zero-order valence-corrected chi connectivity index (χ0v) is 12.5. The fraction of sp³-hybridized carbons (Fsp3) is 0.312. The summed E-state index contributed by atoms with van der Waals surface area (Å²) in [5.74, 6) is 0.268. The lowest BCUT2D eigenvalue weighted by Crippen LogP contribution is -2.12. The van der Waals surface area contributed by atoms with Crippen LogP contribution in [0, 0.1) is 12.7 Å². The Morgan fingerprint density at radius 3 is 2.82 bits per heavy atom. The van der Waals surface area contributed by atoms with Crippen molar-refractivity contribution in [2.24, 2.45) is 0 Å². The van der Waals surface area contributed by atoms with Gasteiger partial charge in [0.25, 0.3) is 0 Å². The summed E-state index contributed by atoms with van der Waals surface area (Å²) in [6.45, 7) is 2.27. The Hall–Kier alpha value is -2.18. The first-order valence-corrected chi connectivity index (χ1v) is 6.81. The normalized spacial score (nSPS) is 10.7. The van der Waals surface area contributed by atoms with Crippen LogP contribution < -0.4 is 5.32 Å². The van der Waals surface area contributed by atoms with Crippen LogP contribution in [-0.2, 0) is 24.4 Å². The van der Waals surface area contributed by atoms with E-state index in [-0.39, 0.29) is 12.2 Å². The smallest absolute Gasteiger partial charge is 0.341 e. The Morgan fingerprint density at radius 2 is 2.14 bits per heavy atom. The van der Waals surface area contributed by atoms with E-state index in [1.54, 1.807) is 25.1 Å². The number of furan rings is 1. The Morgan fingerprint density at radius 1 is 1.36 bits per heavy atom. The molecule has 0 atom stereocenters. The Labute approximate surface area is 127 Å². The molecule has 0 unspecified atom stereocenters. The van der Waals surface area contributed by atoms with Crippen molar-refractivity contribution in [1.29, 1.82) is 0 Å². The third-order valence-corrected chi connectivity index (χ3v) is 3.28. The van der Waals surface area contributed by atoms with Gasteiger partial charge in [0.2, 0.25) is 0 Å². The molecule has 0 aliphatic carbocycles. The highest BCUT2D eigenvalue weighted by Gasteiger charge is 2.14. The SMILES string of the molecule is COC(=O)c1cc(CNCc2ccc(F)c(CO)c2)oc1C. The highest BCUT2D eigenvalue weighted by atomic mass is 19.1. The number of aliphatic hydroxyl groups excluding tert-OH is 1. The van der Waals surface area contributed by atoms with Gasteiger partial charge in [-0.1, -0.05) is 6.07 Å². The lowest BCUT2D eigenvalue weighted by molar-refractivity contribution is 0.0599. The number of ether oxygens (including phenoxy) is 1. The number of methoxy groups -OCH3 is 1. The number of benzene rings is 1. The quantitative estimate of drug-likeness (QED) is 0.801. The number of hydrogen-bond acceptors (Lipinski definition) is 5. The zero-order valence-electron chi connectivity index (χ0n) is 12.5. The van der Waals surface area contributed by atoms with Crippen LogP contribution in [0.1, 0.15) is 33.0 Å². The van der Waals surface area contributed by atoms with Crippen LogP contribution >= 0.6 is 0 Å². The Kier molecular flexibility index (Phi) is 5.30. The van der Waals surface area contributed by atoms with E-state index >= 15 is 0 Å². The molecule has 0 saturated carbocycles. The van der Waals surface area contributed by atoms with E-state index in [4.69, 9.17) is 9.52 Å². The first-order chi connectivity index (χ1) is 10.5. The minimum Gasteiger partial charge on any atom is -0.465 e. The maximum Gasteiger partial charge on any atom is 0.341 e. The molecule has 6 heteroatoms. The van der Waals surface area contributed by atoms with E-state index in [1.807, 2.05) is 0 Å². The van der Waals surface area contributed by atoms with Gasteiger partial charge in [0.1, 0.15) is 22.9 Å². The van der Waals surface area contributed by atoms with Crippen LogP contribution in [0.4, 0.5) is 4.39 Å². The standard InChI is InChI=1S/C16H18FNO4/c1-10-14(16(20)21-2)6-13(22-10)8-18-7-11-3-4-15(17)12(5-11)9-19/h3-6,18-19H,7-9H2,1-2H3. The second-order valence-corrected chi connectivity index (χ2v) is 4.86. The fourth-order valence-corrected chi connectivity index (χ4v) is 2.13. The van der Waals surface area contributed by atoms with Gasteiger partial charge in [0.15, 0.2) is 0 Å². The molecule has 0 aliphatic heterocycles. The number of rotatable bonds is 6. The fourth-order valence-electron chi connectivity index (χ4n) is 2.13. The molecule has 1 heterocycles. The Balaban J connectivity index is 1.95. The molecule has 2 N–H and O–H groups in total. The molecule has 1 aromatic carbocycles. The van der Waals surface area contributed by atoms with Gasteiger partial charge in [-0.2, -0.15) is 0 Å². The van der Waals surface area contributed by atoms with Gasteiger partial charge >= 0.3 is 5.97 Å². The maximum atomic E-state index is 13.3. The van der Waals surface area contributed by atoms with Gasteiger partial charge in [-0.15, -0.1) is 0 Å². The van der Waals surface area contributed by atoms with E-state index in [0.29, 0.717) is 30.2 Å². The van der Waals surface area contributed by atoms with Crippen molar-refractivity contribution < 1.29 is 23.4 Å². The van der Waals surface area contributed by atoms with Crippen LogP contribution in [0.3, 0.4) is 0 Å². The molecule has 0 fully saturated rings. The van der Waals surface area contributed by atoms with E-state index in [0.717, 1.165) is 5.56 Å². The summed E-state index contributed by atoms with van der Waals surface area (Å²) in [4.78, 5) is 11.5. The molecule has 2 aromatic rings. The zero-order chi connectivity index (χ0) is 16.1. The monoisotopic (exact) mass is 307 g/mol. The van der Waals surface area contributed by atoms with E-state index < -0.39 is 11.8 Å². The van der Waals surface area contributed by atoms with Crippen LogP contribution in [0.15, 0.2) is 28.7 Å². The van der Waals surface area contributed by atoms with Gasteiger partial charge in [0, 0.05) is 12.1 Å². The van der Waals surface area contributed by atoms with Crippen molar-refractivity contribution >= 4 is 5.97 Å². The molecule has 0 radical (unpaired) electrons. The number of hydrogen-bond donors (Lipinski definition) is 2. The third kappa shape index (κ3) is 3.72. The molecule has 22 heavy (non-hydrogen) atoms. The van der Waals surface area contributed by atoms with E-state index in [9.17, 15) is 9.18 Å². The van der Waals surface area contributed by atoms with Crippen LogP contribution in [0.25, 0.3) is 0 Å². The minimum absolute atomic E-state index is 0.265. The second-order valence-electron chi connectivity index (χ2n) is 4.86. The first kappa shape index (κ1) is 16.2. The summed E-state index contributed by atoms with van der Waals surface area (Å²) >= 11 is 0. The number of carbonyl (C=O) groups is 1. The molecule has 2 rings (SSSR count). The average Bonchev–Trinajstić information content (AvgIpc) is 2.89. The first-order valence-electron chi connectivity index (χ1n) is 6.81. The molecule has 5 nitrogen and oxygen atoms in total. The summed E-state index contributed by atoms with van der Waals surface area (Å²) in [5.41, 5.74) is 1.52. The second kappa shape index (κ2) is 7.20. The van der Waals surface area contributed by atoms with Crippen molar-refractivity contribution in [3.05, 3.63) is 58.3 Å². The van der Waals surface area contributed by atoms with Gasteiger partial charge in [0.05, 0.1) is 20.3 Å². The van der Waals surface area contributed by atoms with Crippen molar-refractivity contribution in [1.82, 2.24) is 5.32 Å². The summed E-state index contributed by atoms with van der Waals surface area (Å²) in [6, 6.07) is 6.22. The molecular weight excluding hydrogens is 289 g/mol. The summed E-state index contributed by atoms with van der Waals surface area (Å²) < 4.78 is 23.4. The number of esters is 1. The van der Waals surface area contributed by atoms with Gasteiger partial charge in [-0.05, 0) is 30.7 Å². The van der Waals surface area contributed by atoms with Gasteiger partial charge in [-0.25, -0.2) is 9.18 Å². The summed E-state index contributed by atoms with van der Waals surface area (Å²) in [7, 11) is 1.32. The molecule has 118 valence electrons. The molecule has 0 saturated heterocycles. The average molecular weight is 307 g/mol. The van der Waals surface area contributed by atoms with Crippen molar-refractivity contribution in [2.45, 2.75) is 26.6 Å². The number of halogens is 1. The van der Waals surface area contributed by atoms with Crippen LogP contribution in [0.2, 0.25) is 0 Å². The van der Waals surface area contributed by atoms with Crippen LogP contribution in [0.5, 0.6) is 0 Å². The van der Waals surface area contributed by atoms with Crippen molar-refractivity contribution in [3.8, 4) is 0 Å². The predicted octanol–water partition coefficient (Wildman–Crippen LogP) is 2.30. The maximum absolute atomic E-state index is 13.3. The topological polar surface area (TPSA) is 71.7 Å². The number of aliphatic hydroxyl groups is 1. The predicted molar refractivity (Wildman–Crippen MR) is 77.7 cm³/mol. The number of nitrogens with one attached hydrogen (secondary N) is 1. The molecule has 0 aliphatic rings. The largest absolute Gasteiger partial charge is 0.465 e. The number of carbonyl (C=O) groups excluding carboxylic acids is 1. The molecule has 0 spiro atoms. The van der Waals surface area contributed by atoms with Gasteiger partial charge < -0.3 is 19.6 Å². The van der Waals surface area contributed by atoms with Crippen molar-refractivity contribution in [2.75, 3.05) is 7.11 Å². The minimum atomic E-state index is -0.432. The third-order valence-electron chi connectivity index (χ3n) is 3.28. The highest BCUT2D eigenvalue weighted by Crippen LogP contribution is 2.16. The summed E-state index contributed by atoms with van der Waals surface area (Å²) in [6.07, 6.45) is 0. The van der Waals surface area contributed by atoms with Crippen LogP contribution in [-0.4, -0.2) is 18.2 Å². The molecule has 0 bridgehead atoms. The molecule has 1 aromatic heterocycles. The summed E-state index contributed by atoms with van der Waals surface area (Å²) in [5, 5.41) is 12.2. The Bertz CT molecular complexity index is 666. The van der Waals surface area contributed by atoms with Gasteiger partial charge in [-0.3, -0.25) is 0 Å². The number of aryl methyl sites for hydroxylation is 1. The van der Waals surface area contributed by atoms with E-state index in [1.165, 1.54) is 13.2 Å².